The third-order valence-electron chi connectivity index (χ3n) is 5.72. The Kier molecular flexibility index (Phi) is 19.6. The van der Waals surface area contributed by atoms with Crippen LogP contribution in [0.4, 0.5) is 0 Å². The van der Waals surface area contributed by atoms with Gasteiger partial charge in [-0.25, -0.2) is 0 Å². The summed E-state index contributed by atoms with van der Waals surface area (Å²) in [5.41, 5.74) is -0.941. The van der Waals surface area contributed by atoms with Crippen molar-refractivity contribution in [1.29, 1.82) is 0 Å². The first-order valence-electron chi connectivity index (χ1n) is 12.7. The minimum atomic E-state index is -1.34. The van der Waals surface area contributed by atoms with Crippen LogP contribution in [-0.2, 0) is 14.4 Å². The highest BCUT2D eigenvalue weighted by Gasteiger charge is 2.32. The highest BCUT2D eigenvalue weighted by molar-refractivity contribution is 8.13. The molecule has 0 spiro atoms. The van der Waals surface area contributed by atoms with Gasteiger partial charge < -0.3 is 20.8 Å². The molecule has 194 valence electrons. The number of amides is 2. The minimum absolute atomic E-state index is 0.0926. The fourth-order valence-corrected chi connectivity index (χ4v) is 4.01. The molecule has 2 amide bonds. The summed E-state index contributed by atoms with van der Waals surface area (Å²) in [6, 6.07) is 0. The molecule has 4 N–H and O–H groups in total. The molecule has 0 radical (unpaired) electrons. The molecule has 0 aromatic carbocycles. The van der Waals surface area contributed by atoms with Crippen LogP contribution >= 0.6 is 11.8 Å². The van der Waals surface area contributed by atoms with Crippen LogP contribution in [0.2, 0.25) is 0 Å². The average molecular weight is 489 g/mol. The van der Waals surface area contributed by atoms with Crippen molar-refractivity contribution in [2.45, 2.75) is 110 Å². The molecular formula is C25H48N2O5S. The van der Waals surface area contributed by atoms with Gasteiger partial charge in [-0.2, -0.15) is 0 Å². The van der Waals surface area contributed by atoms with E-state index in [1.54, 1.807) is 13.8 Å². The number of nitrogens with one attached hydrogen (secondary N) is 2. The zero-order valence-corrected chi connectivity index (χ0v) is 21.9. The predicted octanol–water partition coefficient (Wildman–Crippen LogP) is 3.95. The quantitative estimate of drug-likeness (QED) is 0.182. The van der Waals surface area contributed by atoms with Gasteiger partial charge >= 0.3 is 0 Å². The van der Waals surface area contributed by atoms with E-state index in [0.29, 0.717) is 18.7 Å². The van der Waals surface area contributed by atoms with Crippen LogP contribution in [0, 0.1) is 5.41 Å². The van der Waals surface area contributed by atoms with Gasteiger partial charge in [0.25, 0.3) is 0 Å². The van der Waals surface area contributed by atoms with Gasteiger partial charge in [0.2, 0.25) is 11.8 Å². The molecule has 0 unspecified atom stereocenters. The van der Waals surface area contributed by atoms with E-state index in [2.05, 4.69) is 17.6 Å². The Morgan fingerprint density at radius 3 is 1.91 bits per heavy atom. The summed E-state index contributed by atoms with van der Waals surface area (Å²) in [6.45, 7) is 5.60. The third kappa shape index (κ3) is 17.9. The summed E-state index contributed by atoms with van der Waals surface area (Å²) in [4.78, 5) is 35.6. The lowest BCUT2D eigenvalue weighted by atomic mass is 9.87. The van der Waals surface area contributed by atoms with Gasteiger partial charge in [-0.05, 0) is 6.42 Å². The van der Waals surface area contributed by atoms with Gasteiger partial charge in [-0.1, -0.05) is 96.7 Å². The van der Waals surface area contributed by atoms with E-state index in [1.807, 2.05) is 0 Å². The van der Waals surface area contributed by atoms with Crippen LogP contribution in [0.25, 0.3) is 0 Å². The number of carbonyl (C=O) groups is 3. The molecule has 0 heterocycles. The van der Waals surface area contributed by atoms with Gasteiger partial charge in [-0.15, -0.1) is 0 Å². The van der Waals surface area contributed by atoms with Crippen molar-refractivity contribution in [3.63, 3.8) is 0 Å². The fourth-order valence-electron chi connectivity index (χ4n) is 3.29. The summed E-state index contributed by atoms with van der Waals surface area (Å²) in [5, 5.41) is 24.5. The van der Waals surface area contributed by atoms with E-state index in [9.17, 15) is 24.6 Å². The summed E-state index contributed by atoms with van der Waals surface area (Å²) in [6.07, 6.45) is 13.2. The summed E-state index contributed by atoms with van der Waals surface area (Å²) < 4.78 is 0. The smallest absolute Gasteiger partial charge is 0.249 e. The second-order valence-electron chi connectivity index (χ2n) is 9.45. The first kappa shape index (κ1) is 31.9. The molecule has 0 aliphatic carbocycles. The van der Waals surface area contributed by atoms with Gasteiger partial charge in [-0.3, -0.25) is 14.4 Å². The largest absolute Gasteiger partial charge is 0.396 e. The molecule has 7 nitrogen and oxygen atoms in total. The van der Waals surface area contributed by atoms with Crippen molar-refractivity contribution in [2.75, 3.05) is 25.4 Å². The normalized spacial score (nSPS) is 12.4. The topological polar surface area (TPSA) is 116 Å². The number of aliphatic hydroxyl groups is 2. The molecule has 0 aliphatic rings. The monoisotopic (exact) mass is 488 g/mol. The van der Waals surface area contributed by atoms with Crippen molar-refractivity contribution in [3.8, 4) is 0 Å². The molecule has 0 bridgehead atoms. The maximum atomic E-state index is 11.9. The van der Waals surface area contributed by atoms with E-state index in [4.69, 9.17) is 0 Å². The maximum Gasteiger partial charge on any atom is 0.249 e. The molecule has 0 aromatic heterocycles. The van der Waals surface area contributed by atoms with Crippen LogP contribution in [0.15, 0.2) is 0 Å². The predicted molar refractivity (Wildman–Crippen MR) is 136 cm³/mol. The lowest BCUT2D eigenvalue weighted by Gasteiger charge is -2.27. The first-order chi connectivity index (χ1) is 15.7. The Bertz CT molecular complexity index is 543. The van der Waals surface area contributed by atoms with E-state index in [-0.39, 0.29) is 30.6 Å². The van der Waals surface area contributed by atoms with Crippen LogP contribution in [-0.4, -0.2) is 58.7 Å². The molecular weight excluding hydrogens is 440 g/mol. The van der Waals surface area contributed by atoms with E-state index in [1.165, 1.54) is 69.5 Å². The zero-order valence-electron chi connectivity index (χ0n) is 21.1. The Hall–Kier alpha value is -1.12. The molecule has 8 heteroatoms. The molecule has 33 heavy (non-hydrogen) atoms. The molecule has 0 fully saturated rings. The average Bonchev–Trinajstić information content (AvgIpc) is 2.79. The van der Waals surface area contributed by atoms with Gasteiger partial charge in [0, 0.05) is 37.1 Å². The molecule has 0 saturated carbocycles. The number of thioether (sulfide) groups is 1. The number of hydrogen-bond acceptors (Lipinski definition) is 6. The Balaban J connectivity index is 3.57. The van der Waals surface area contributed by atoms with E-state index in [0.717, 1.165) is 12.8 Å². The van der Waals surface area contributed by atoms with Gasteiger partial charge in [0.15, 0.2) is 5.12 Å². The first-order valence-corrected chi connectivity index (χ1v) is 13.7. The minimum Gasteiger partial charge on any atom is -0.396 e. The SMILES string of the molecule is CCCCCCCCCCCCCC(=O)SCCNC(=O)CCNC(=O)[C@H](O)C(C)(C)CO. The standard InChI is InChI=1S/C25H48N2O5S/c1-4-5-6-7-8-9-10-11-12-13-14-15-22(30)33-19-18-26-21(29)16-17-27-24(32)23(31)25(2,3)20-28/h23,28,31H,4-20H2,1-3H3,(H,26,29)(H,27,32)/t23-/m0/s1. The molecule has 0 saturated heterocycles. The molecule has 0 rings (SSSR count). The fraction of sp³-hybridized carbons (Fsp3) is 0.880. The van der Waals surface area contributed by atoms with Crippen LogP contribution in [0.1, 0.15) is 104 Å². The second-order valence-corrected chi connectivity index (χ2v) is 10.6. The molecule has 1 atom stereocenters. The zero-order chi connectivity index (χ0) is 25.0. The van der Waals surface area contributed by atoms with Crippen LogP contribution in [0.5, 0.6) is 0 Å². The van der Waals surface area contributed by atoms with Crippen LogP contribution in [0.3, 0.4) is 0 Å². The number of aliphatic hydroxyl groups excluding tert-OH is 2. The van der Waals surface area contributed by atoms with E-state index >= 15 is 0 Å². The highest BCUT2D eigenvalue weighted by Crippen LogP contribution is 2.19. The van der Waals surface area contributed by atoms with Crippen molar-refractivity contribution in [3.05, 3.63) is 0 Å². The van der Waals surface area contributed by atoms with Gasteiger partial charge in [0.05, 0.1) is 6.61 Å². The van der Waals surface area contributed by atoms with Crippen molar-refractivity contribution in [1.82, 2.24) is 10.6 Å². The lowest BCUT2D eigenvalue weighted by Crippen LogP contribution is -2.46. The summed E-state index contributed by atoms with van der Waals surface area (Å²) in [5.74, 6) is -0.284. The van der Waals surface area contributed by atoms with Crippen molar-refractivity contribution < 1.29 is 24.6 Å². The lowest BCUT2D eigenvalue weighted by molar-refractivity contribution is -0.137. The Morgan fingerprint density at radius 2 is 1.36 bits per heavy atom. The van der Waals surface area contributed by atoms with E-state index < -0.39 is 17.4 Å². The number of hydrogen-bond donors (Lipinski definition) is 4. The van der Waals surface area contributed by atoms with Gasteiger partial charge in [0.1, 0.15) is 6.10 Å². The third-order valence-corrected chi connectivity index (χ3v) is 6.65. The van der Waals surface area contributed by atoms with Crippen LogP contribution < -0.4 is 10.6 Å². The summed E-state index contributed by atoms with van der Waals surface area (Å²) in [7, 11) is 0. The Labute approximate surface area is 205 Å². The number of rotatable bonds is 21. The second kappa shape index (κ2) is 20.3. The number of carbonyl (C=O) groups excluding carboxylic acids is 3. The van der Waals surface area contributed by atoms with Crippen molar-refractivity contribution in [2.24, 2.45) is 5.41 Å². The molecule has 0 aliphatic heterocycles. The maximum absolute atomic E-state index is 11.9. The van der Waals surface area contributed by atoms with Crippen molar-refractivity contribution >= 4 is 28.7 Å². The molecule has 0 aromatic rings. The highest BCUT2D eigenvalue weighted by atomic mass is 32.2. The summed E-state index contributed by atoms with van der Waals surface area (Å²) >= 11 is 1.26. The Morgan fingerprint density at radius 1 is 0.818 bits per heavy atom. The number of unbranched alkanes of at least 4 members (excludes halogenated alkanes) is 10.